The molecule has 1 atom stereocenters. The molecule has 124 valence electrons. The quantitative estimate of drug-likeness (QED) is 0.653. The largest absolute Gasteiger partial charge is 0.376 e. The first kappa shape index (κ1) is 16.0. The highest BCUT2D eigenvalue weighted by Gasteiger charge is 2.21. The van der Waals surface area contributed by atoms with Gasteiger partial charge in [-0.15, -0.1) is 0 Å². The lowest BCUT2D eigenvalue weighted by molar-refractivity contribution is -0.384. The van der Waals surface area contributed by atoms with E-state index in [2.05, 4.69) is 22.8 Å². The van der Waals surface area contributed by atoms with Gasteiger partial charge in [-0.2, -0.15) is 0 Å². The number of aryl methyl sites for hydroxylation is 1. The number of rotatable bonds is 5. The van der Waals surface area contributed by atoms with Gasteiger partial charge >= 0.3 is 0 Å². The zero-order valence-electron chi connectivity index (χ0n) is 13.2. The van der Waals surface area contributed by atoms with E-state index in [-0.39, 0.29) is 24.2 Å². The second kappa shape index (κ2) is 7.12. The van der Waals surface area contributed by atoms with E-state index < -0.39 is 4.92 Å². The summed E-state index contributed by atoms with van der Waals surface area (Å²) >= 11 is 0. The van der Waals surface area contributed by atoms with Gasteiger partial charge in [-0.05, 0) is 36.5 Å². The minimum absolute atomic E-state index is 0.00150. The Bertz CT molecular complexity index is 761. The summed E-state index contributed by atoms with van der Waals surface area (Å²) in [5, 5.41) is 16.8. The topological polar surface area (TPSA) is 84.3 Å². The summed E-state index contributed by atoms with van der Waals surface area (Å²) < 4.78 is 0. The summed E-state index contributed by atoms with van der Waals surface area (Å²) in [5.41, 5.74) is 3.04. The van der Waals surface area contributed by atoms with E-state index >= 15 is 0 Å². The molecule has 2 N–H and O–H groups in total. The predicted octanol–water partition coefficient (Wildman–Crippen LogP) is 3.20. The third-order valence-corrected chi connectivity index (χ3v) is 4.21. The number of hydrogen-bond donors (Lipinski definition) is 2. The molecule has 1 aliphatic rings. The van der Waals surface area contributed by atoms with Crippen LogP contribution in [0.3, 0.4) is 0 Å². The molecule has 1 aliphatic carbocycles. The number of non-ortho nitro benzene ring substituents is 1. The minimum Gasteiger partial charge on any atom is -0.376 e. The number of fused-ring (bicyclic) bond motifs is 1. The normalized spacial score (nSPS) is 16.1. The molecule has 1 amide bonds. The highest BCUT2D eigenvalue weighted by Crippen LogP contribution is 2.29. The number of hydrogen-bond acceptors (Lipinski definition) is 4. The molecule has 0 spiro atoms. The van der Waals surface area contributed by atoms with Gasteiger partial charge in [0.1, 0.15) is 0 Å². The van der Waals surface area contributed by atoms with E-state index in [0.29, 0.717) is 5.69 Å². The van der Waals surface area contributed by atoms with Crippen LogP contribution in [0.4, 0.5) is 11.4 Å². The number of nitrogens with one attached hydrogen (secondary N) is 2. The van der Waals surface area contributed by atoms with E-state index in [1.807, 2.05) is 12.1 Å². The van der Waals surface area contributed by atoms with Crippen LogP contribution in [0.5, 0.6) is 0 Å². The van der Waals surface area contributed by atoms with E-state index in [4.69, 9.17) is 0 Å². The monoisotopic (exact) mass is 325 g/mol. The third kappa shape index (κ3) is 3.71. The number of carbonyl (C=O) groups excluding carboxylic acids is 1. The molecule has 3 rings (SSSR count). The maximum atomic E-state index is 12.2. The lowest BCUT2D eigenvalue weighted by Gasteiger charge is -2.26. The van der Waals surface area contributed by atoms with E-state index in [1.54, 1.807) is 12.1 Å². The van der Waals surface area contributed by atoms with Crippen molar-refractivity contribution in [2.45, 2.75) is 25.3 Å². The Morgan fingerprint density at radius 2 is 2.04 bits per heavy atom. The molecule has 0 bridgehead atoms. The first-order valence-corrected chi connectivity index (χ1v) is 7.99. The second-order valence-electron chi connectivity index (χ2n) is 5.87. The molecule has 0 radical (unpaired) electrons. The lowest BCUT2D eigenvalue weighted by atomic mass is 9.88. The van der Waals surface area contributed by atoms with Crippen molar-refractivity contribution in [1.29, 1.82) is 0 Å². The Balaban J connectivity index is 1.59. The smallest absolute Gasteiger partial charge is 0.271 e. The van der Waals surface area contributed by atoms with Gasteiger partial charge in [0.25, 0.3) is 5.69 Å². The van der Waals surface area contributed by atoms with Crippen molar-refractivity contribution in [2.75, 3.05) is 11.9 Å². The van der Waals surface area contributed by atoms with Gasteiger partial charge in [0.15, 0.2) is 0 Å². The minimum atomic E-state index is -0.454. The summed E-state index contributed by atoms with van der Waals surface area (Å²) in [7, 11) is 0. The second-order valence-corrected chi connectivity index (χ2v) is 5.87. The highest BCUT2D eigenvalue weighted by atomic mass is 16.6. The lowest BCUT2D eigenvalue weighted by Crippen LogP contribution is -2.35. The Labute approximate surface area is 140 Å². The fourth-order valence-corrected chi connectivity index (χ4v) is 3.06. The summed E-state index contributed by atoms with van der Waals surface area (Å²) in [5.74, 6) is -0.122. The Hall–Kier alpha value is -2.89. The Kier molecular flexibility index (Phi) is 4.74. The summed E-state index contributed by atoms with van der Waals surface area (Å²) in [6.07, 6.45) is 3.04. The molecule has 0 saturated carbocycles. The molecule has 6 heteroatoms. The molecular weight excluding hydrogens is 306 g/mol. The molecule has 0 aromatic heterocycles. The van der Waals surface area contributed by atoms with Gasteiger partial charge < -0.3 is 10.6 Å². The van der Waals surface area contributed by atoms with Crippen molar-refractivity contribution in [1.82, 2.24) is 5.32 Å². The number of anilines is 1. The fraction of sp³-hybridized carbons (Fsp3) is 0.278. The van der Waals surface area contributed by atoms with Crippen molar-refractivity contribution < 1.29 is 9.72 Å². The van der Waals surface area contributed by atoms with Crippen molar-refractivity contribution in [2.24, 2.45) is 0 Å². The van der Waals surface area contributed by atoms with Crippen LogP contribution in [-0.2, 0) is 11.2 Å². The average molecular weight is 325 g/mol. The van der Waals surface area contributed by atoms with Crippen molar-refractivity contribution in [3.05, 3.63) is 69.8 Å². The first-order chi connectivity index (χ1) is 11.6. The average Bonchev–Trinajstić information content (AvgIpc) is 2.60. The van der Waals surface area contributed by atoms with Crippen LogP contribution in [0.1, 0.15) is 30.0 Å². The van der Waals surface area contributed by atoms with Gasteiger partial charge in [0.05, 0.1) is 17.5 Å². The maximum Gasteiger partial charge on any atom is 0.271 e. The fourth-order valence-electron chi connectivity index (χ4n) is 3.06. The van der Waals surface area contributed by atoms with Gasteiger partial charge in [0.2, 0.25) is 5.91 Å². The molecule has 2 aromatic carbocycles. The molecule has 6 nitrogen and oxygen atoms in total. The number of nitrogens with zero attached hydrogens (tertiary/aromatic N) is 1. The number of nitro groups is 1. The number of carbonyl (C=O) groups is 1. The van der Waals surface area contributed by atoms with Crippen LogP contribution < -0.4 is 10.6 Å². The highest BCUT2D eigenvalue weighted by molar-refractivity contribution is 5.81. The third-order valence-electron chi connectivity index (χ3n) is 4.21. The standard InChI is InChI=1S/C18H19N3O3/c22-18(12-19-14-7-4-8-15(11-14)21(23)24)20-17-10-3-6-13-5-1-2-9-16(13)17/h1-2,4-5,7-9,11,17,19H,3,6,10,12H2,(H,20,22)/t17-/m0/s1. The summed E-state index contributed by atoms with van der Waals surface area (Å²) in [6, 6.07) is 14.4. The summed E-state index contributed by atoms with van der Waals surface area (Å²) in [6.45, 7) is 0.0832. The van der Waals surface area contributed by atoms with Crippen LogP contribution in [0.25, 0.3) is 0 Å². The maximum absolute atomic E-state index is 12.2. The number of benzene rings is 2. The van der Waals surface area contributed by atoms with Crippen molar-refractivity contribution >= 4 is 17.3 Å². The molecule has 0 aliphatic heterocycles. The van der Waals surface area contributed by atoms with Crippen LogP contribution in [-0.4, -0.2) is 17.4 Å². The van der Waals surface area contributed by atoms with E-state index in [1.165, 1.54) is 23.3 Å². The van der Waals surface area contributed by atoms with Gasteiger partial charge in [0, 0.05) is 17.8 Å². The Morgan fingerprint density at radius 1 is 1.21 bits per heavy atom. The molecule has 24 heavy (non-hydrogen) atoms. The van der Waals surface area contributed by atoms with Gasteiger partial charge in [-0.25, -0.2) is 0 Å². The zero-order chi connectivity index (χ0) is 16.9. The zero-order valence-corrected chi connectivity index (χ0v) is 13.2. The van der Waals surface area contributed by atoms with Crippen LogP contribution in [0.15, 0.2) is 48.5 Å². The predicted molar refractivity (Wildman–Crippen MR) is 91.8 cm³/mol. The van der Waals surface area contributed by atoms with Gasteiger partial charge in [-0.3, -0.25) is 14.9 Å². The van der Waals surface area contributed by atoms with Crippen LogP contribution in [0, 0.1) is 10.1 Å². The first-order valence-electron chi connectivity index (χ1n) is 7.99. The van der Waals surface area contributed by atoms with E-state index in [0.717, 1.165) is 19.3 Å². The molecule has 0 saturated heterocycles. The Morgan fingerprint density at radius 3 is 2.88 bits per heavy atom. The molecule has 0 fully saturated rings. The molecular formula is C18H19N3O3. The SMILES string of the molecule is O=C(CNc1cccc([N+](=O)[O-])c1)N[C@H]1CCCc2ccccc21. The molecule has 0 heterocycles. The van der Waals surface area contributed by atoms with E-state index in [9.17, 15) is 14.9 Å². The molecule has 0 unspecified atom stereocenters. The molecule has 2 aromatic rings. The van der Waals surface area contributed by atoms with Crippen LogP contribution >= 0.6 is 0 Å². The van der Waals surface area contributed by atoms with Crippen LogP contribution in [0.2, 0.25) is 0 Å². The summed E-state index contributed by atoms with van der Waals surface area (Å²) in [4.78, 5) is 22.5. The number of amides is 1. The van der Waals surface area contributed by atoms with Gasteiger partial charge in [-0.1, -0.05) is 30.3 Å². The number of nitro benzene ring substituents is 1. The van der Waals surface area contributed by atoms with Crippen molar-refractivity contribution in [3.63, 3.8) is 0 Å². The van der Waals surface area contributed by atoms with Crippen molar-refractivity contribution in [3.8, 4) is 0 Å².